The number of aliphatic hydroxyl groups is 1. The van der Waals surface area contributed by atoms with Crippen molar-refractivity contribution in [3.63, 3.8) is 0 Å². The number of likely N-dealkylation sites (tertiary alicyclic amines) is 1. The molecule has 4 aliphatic rings. The van der Waals surface area contributed by atoms with Crippen LogP contribution >= 0.6 is 0 Å². The Morgan fingerprint density at radius 1 is 1.06 bits per heavy atom. The van der Waals surface area contributed by atoms with Crippen LogP contribution in [0.3, 0.4) is 0 Å². The number of aromatic nitrogens is 3. The first-order valence-electron chi connectivity index (χ1n) is 18.4. The highest BCUT2D eigenvalue weighted by Crippen LogP contribution is 2.49. The molecule has 10 nitrogen and oxygen atoms in total. The number of rotatable bonds is 8. The molecule has 8 rings (SSSR count). The fourth-order valence-electron chi connectivity index (χ4n) is 9.37. The third-order valence-corrected chi connectivity index (χ3v) is 11.8. The van der Waals surface area contributed by atoms with Crippen LogP contribution in [0.2, 0.25) is 0 Å². The first-order chi connectivity index (χ1) is 25.1. The number of methoxy groups -OCH3 is 1. The van der Waals surface area contributed by atoms with Crippen molar-refractivity contribution in [3.05, 3.63) is 41.5 Å². The van der Waals surface area contributed by atoms with Gasteiger partial charge in [-0.2, -0.15) is 9.97 Å². The van der Waals surface area contributed by atoms with Gasteiger partial charge >= 0.3 is 6.01 Å². The zero-order valence-electron chi connectivity index (χ0n) is 29.8. The molecule has 2 aromatic carbocycles. The minimum atomic E-state index is -1.00. The van der Waals surface area contributed by atoms with Gasteiger partial charge in [-0.1, -0.05) is 18.4 Å². The summed E-state index contributed by atoms with van der Waals surface area (Å²) in [6.45, 7) is 6.69. The van der Waals surface area contributed by atoms with E-state index in [2.05, 4.69) is 15.8 Å². The topological polar surface area (TPSA) is 113 Å². The lowest BCUT2D eigenvalue weighted by molar-refractivity contribution is -0.00807. The van der Waals surface area contributed by atoms with E-state index in [9.17, 15) is 10.2 Å². The normalized spacial score (nSPS) is 26.5. The Hall–Kier alpha value is -4.31. The number of β-amino-alcohol motifs (C(OH)–C–C–N with tert-alkyl or cyclic N) is 1. The summed E-state index contributed by atoms with van der Waals surface area (Å²) >= 11 is 0. The Balaban J connectivity index is 1.25. The lowest BCUT2D eigenvalue weighted by Crippen LogP contribution is -2.53. The van der Waals surface area contributed by atoms with Gasteiger partial charge in [0.25, 0.3) is 0 Å². The van der Waals surface area contributed by atoms with Crippen molar-refractivity contribution in [2.24, 2.45) is 11.3 Å². The second-order valence-electron chi connectivity index (χ2n) is 15.4. The molecule has 3 aliphatic heterocycles. The van der Waals surface area contributed by atoms with Crippen molar-refractivity contribution < 1.29 is 33.2 Å². The molecule has 1 saturated carbocycles. The third kappa shape index (κ3) is 6.16. The summed E-state index contributed by atoms with van der Waals surface area (Å²) in [5, 5.41) is 22.7. The van der Waals surface area contributed by atoms with Crippen molar-refractivity contribution in [1.82, 2.24) is 19.9 Å². The lowest BCUT2D eigenvalue weighted by atomic mass is 9.75. The first-order valence-corrected chi connectivity index (χ1v) is 18.4. The average molecular weight is 714 g/mol. The number of terminal acetylenes is 1. The van der Waals surface area contributed by atoms with Crippen molar-refractivity contribution in [2.75, 3.05) is 58.0 Å². The van der Waals surface area contributed by atoms with Crippen molar-refractivity contribution in [1.29, 1.82) is 0 Å². The number of anilines is 1. The van der Waals surface area contributed by atoms with Gasteiger partial charge in [0.05, 0.1) is 31.5 Å². The monoisotopic (exact) mass is 713 g/mol. The Bertz CT molecular complexity index is 2060. The number of halogens is 2. The highest BCUT2D eigenvalue weighted by molar-refractivity contribution is 6.04. The molecule has 4 fully saturated rings. The molecule has 0 amide bonds. The van der Waals surface area contributed by atoms with Crippen LogP contribution in [-0.4, -0.2) is 94.8 Å². The van der Waals surface area contributed by atoms with Crippen LogP contribution in [0.4, 0.5) is 14.6 Å². The summed E-state index contributed by atoms with van der Waals surface area (Å²) in [6.07, 6.45) is 13.5. The number of piperidine rings is 2. The molecule has 4 unspecified atom stereocenters. The maximum atomic E-state index is 17.2. The van der Waals surface area contributed by atoms with Gasteiger partial charge in [0.15, 0.2) is 5.82 Å². The number of aromatic hydroxyl groups is 1. The molecule has 52 heavy (non-hydrogen) atoms. The fraction of sp³-hybridized carbons (Fsp3) is 0.525. The van der Waals surface area contributed by atoms with Gasteiger partial charge in [0.1, 0.15) is 34.0 Å². The number of benzene rings is 2. The number of phenols is 1. The predicted octanol–water partition coefficient (Wildman–Crippen LogP) is 6.22. The van der Waals surface area contributed by atoms with Gasteiger partial charge in [-0.3, -0.25) is 4.90 Å². The van der Waals surface area contributed by atoms with Gasteiger partial charge in [-0.15, -0.1) is 6.42 Å². The molecule has 0 spiro atoms. The van der Waals surface area contributed by atoms with Crippen LogP contribution in [-0.2, 0) is 4.74 Å². The van der Waals surface area contributed by atoms with Crippen LogP contribution in [0.1, 0.15) is 63.9 Å². The first kappa shape index (κ1) is 34.8. The maximum absolute atomic E-state index is 17.2. The second kappa shape index (κ2) is 13.6. The standard InChI is InChI=1S/C40H45F2N5O5/c1-4-27-29(41)10-9-25-18-26(48)19-28(31(25)27)34-33(42)35-32(37(43-34)50-3)36(47-16-6-12-39(2,49)22-47)45-38(44-35)52-23-40-13-5-8-30(40)46(15-7-14-40)20-24-11-17-51-21-24/h1,9-10,18-19,24,30,48-49H,5-8,11-17,20-23H2,2-3H3. The van der Waals surface area contributed by atoms with E-state index in [0.717, 1.165) is 64.8 Å². The SMILES string of the molecule is C#Cc1c(F)ccc2cc(O)cc(-c3nc(OC)c4c(N5CCCC(C)(O)C5)nc(OCC56CCCC5N(CC5CCOC5)CCC6)nc4c3F)c12. The zero-order chi connectivity index (χ0) is 36.2. The molecular formula is C40H45F2N5O5. The van der Waals surface area contributed by atoms with E-state index in [1.165, 1.54) is 31.4 Å². The number of fused-ring (bicyclic) bond motifs is 3. The molecule has 4 atom stereocenters. The number of hydrogen-bond acceptors (Lipinski definition) is 10. The molecule has 274 valence electrons. The fourth-order valence-corrected chi connectivity index (χ4v) is 9.37. The van der Waals surface area contributed by atoms with Gasteiger partial charge < -0.3 is 29.3 Å². The van der Waals surface area contributed by atoms with E-state index in [0.29, 0.717) is 49.2 Å². The number of nitrogens with zero attached hydrogens (tertiary/aromatic N) is 5. The second-order valence-corrected chi connectivity index (χ2v) is 15.4. The molecule has 4 aromatic rings. The summed E-state index contributed by atoms with van der Waals surface area (Å²) in [7, 11) is 1.42. The molecule has 5 heterocycles. The van der Waals surface area contributed by atoms with Gasteiger partial charge in [0, 0.05) is 48.6 Å². The van der Waals surface area contributed by atoms with Crippen molar-refractivity contribution >= 4 is 27.5 Å². The van der Waals surface area contributed by atoms with E-state index in [1.54, 1.807) is 6.92 Å². The van der Waals surface area contributed by atoms with Crippen LogP contribution in [0, 0.1) is 35.3 Å². The van der Waals surface area contributed by atoms with E-state index in [1.807, 2.05) is 4.90 Å². The van der Waals surface area contributed by atoms with Crippen LogP contribution in [0.15, 0.2) is 24.3 Å². The van der Waals surface area contributed by atoms with Crippen molar-refractivity contribution in [3.8, 4) is 41.2 Å². The Morgan fingerprint density at radius 3 is 2.65 bits per heavy atom. The number of pyridine rings is 1. The van der Waals surface area contributed by atoms with E-state index in [-0.39, 0.29) is 62.7 Å². The zero-order valence-corrected chi connectivity index (χ0v) is 29.8. The highest BCUT2D eigenvalue weighted by atomic mass is 19.1. The summed E-state index contributed by atoms with van der Waals surface area (Å²) in [5.74, 6) is 1.65. The van der Waals surface area contributed by atoms with E-state index in [4.69, 9.17) is 30.6 Å². The van der Waals surface area contributed by atoms with Crippen molar-refractivity contribution in [2.45, 2.75) is 69.9 Å². The number of hydrogen-bond donors (Lipinski definition) is 2. The smallest absolute Gasteiger partial charge is 0.319 e. The van der Waals surface area contributed by atoms with Gasteiger partial charge in [-0.25, -0.2) is 13.8 Å². The lowest BCUT2D eigenvalue weighted by Gasteiger charge is -2.47. The maximum Gasteiger partial charge on any atom is 0.319 e. The average Bonchev–Trinajstić information content (AvgIpc) is 3.81. The van der Waals surface area contributed by atoms with Gasteiger partial charge in [-0.05, 0) is 87.9 Å². The molecule has 2 aromatic heterocycles. The molecule has 3 saturated heterocycles. The quantitative estimate of drug-likeness (QED) is 0.204. The Labute approximate surface area is 302 Å². The minimum absolute atomic E-state index is 0.0169. The number of phenolic OH excluding ortho intramolecular Hbond substituents is 1. The number of ether oxygens (including phenoxy) is 3. The Kier molecular flexibility index (Phi) is 9.08. The highest BCUT2D eigenvalue weighted by Gasteiger charge is 2.49. The molecule has 1 aliphatic carbocycles. The molecule has 0 bridgehead atoms. The molecule has 2 N–H and O–H groups in total. The van der Waals surface area contributed by atoms with Crippen LogP contribution < -0.4 is 14.4 Å². The molecular weight excluding hydrogens is 668 g/mol. The van der Waals surface area contributed by atoms with Crippen LogP contribution in [0.5, 0.6) is 17.6 Å². The van der Waals surface area contributed by atoms with Gasteiger partial charge in [0.2, 0.25) is 5.88 Å². The third-order valence-electron chi connectivity index (χ3n) is 11.8. The summed E-state index contributed by atoms with van der Waals surface area (Å²) in [4.78, 5) is 18.7. The minimum Gasteiger partial charge on any atom is -0.508 e. The molecule has 12 heteroatoms. The summed E-state index contributed by atoms with van der Waals surface area (Å²) in [6, 6.07) is 5.83. The Morgan fingerprint density at radius 2 is 1.88 bits per heavy atom. The predicted molar refractivity (Wildman–Crippen MR) is 194 cm³/mol. The summed E-state index contributed by atoms with van der Waals surface area (Å²) in [5.41, 5.74) is -1.40. The van der Waals surface area contributed by atoms with Crippen LogP contribution in [0.25, 0.3) is 32.9 Å². The van der Waals surface area contributed by atoms with E-state index < -0.39 is 17.2 Å². The summed E-state index contributed by atoms with van der Waals surface area (Å²) < 4.78 is 50.3. The molecule has 0 radical (unpaired) electrons. The largest absolute Gasteiger partial charge is 0.508 e. The van der Waals surface area contributed by atoms with E-state index >= 15 is 8.78 Å².